The number of methoxy groups -OCH3 is 1. The average Bonchev–Trinajstić information content (AvgIpc) is 2.27. The van der Waals surface area contributed by atoms with Crippen LogP contribution in [0.4, 0.5) is 13.2 Å². The summed E-state index contributed by atoms with van der Waals surface area (Å²) in [5, 5.41) is 0. The second-order valence-corrected chi connectivity index (χ2v) is 3.23. The van der Waals surface area contributed by atoms with Gasteiger partial charge in [-0.2, -0.15) is 13.2 Å². The van der Waals surface area contributed by atoms with Crippen LogP contribution in [0.15, 0.2) is 18.2 Å². The Hall–Kier alpha value is -1.96. The van der Waals surface area contributed by atoms with Crippen molar-refractivity contribution >= 4 is 5.97 Å². The molecule has 0 amide bonds. The Bertz CT molecular complexity index is 470. The van der Waals surface area contributed by atoms with Gasteiger partial charge in [0.25, 0.3) is 0 Å². The predicted molar refractivity (Wildman–Crippen MR) is 55.1 cm³/mol. The largest absolute Gasteiger partial charge is 0.469 e. The van der Waals surface area contributed by atoms with Crippen LogP contribution in [-0.4, -0.2) is 13.1 Å². The first-order valence-electron chi connectivity index (χ1n) is 4.62. The second-order valence-electron chi connectivity index (χ2n) is 3.23. The van der Waals surface area contributed by atoms with Gasteiger partial charge >= 0.3 is 12.1 Å². The number of hydrogen-bond donors (Lipinski definition) is 0. The molecule has 0 atom stereocenters. The first-order valence-corrected chi connectivity index (χ1v) is 4.62. The average molecular weight is 242 g/mol. The van der Waals surface area contributed by atoms with Crippen molar-refractivity contribution < 1.29 is 22.7 Å². The van der Waals surface area contributed by atoms with E-state index in [2.05, 4.69) is 10.7 Å². The van der Waals surface area contributed by atoms with Crippen LogP contribution in [0.3, 0.4) is 0 Å². The highest BCUT2D eigenvalue weighted by Crippen LogP contribution is 2.33. The lowest BCUT2D eigenvalue weighted by Crippen LogP contribution is -2.14. The lowest BCUT2D eigenvalue weighted by Gasteiger charge is -2.13. The highest BCUT2D eigenvalue weighted by atomic mass is 19.4. The summed E-state index contributed by atoms with van der Waals surface area (Å²) in [5.74, 6) is 1.36. The smallest absolute Gasteiger partial charge is 0.416 e. The van der Waals surface area contributed by atoms with Crippen LogP contribution in [0.25, 0.3) is 0 Å². The summed E-state index contributed by atoms with van der Waals surface area (Å²) < 4.78 is 42.4. The molecule has 0 radical (unpaired) electrons. The summed E-state index contributed by atoms with van der Waals surface area (Å²) >= 11 is 0. The molecule has 0 aromatic heterocycles. The lowest BCUT2D eigenvalue weighted by atomic mass is 9.98. The van der Waals surface area contributed by atoms with Crippen molar-refractivity contribution in [2.24, 2.45) is 0 Å². The van der Waals surface area contributed by atoms with Crippen LogP contribution < -0.4 is 0 Å². The maximum Gasteiger partial charge on any atom is 0.416 e. The summed E-state index contributed by atoms with van der Waals surface area (Å²) in [6, 6.07) is 3.45. The second kappa shape index (κ2) is 4.91. The first kappa shape index (κ1) is 13.1. The van der Waals surface area contributed by atoms with Gasteiger partial charge in [-0.1, -0.05) is 12.0 Å². The number of halogens is 3. The summed E-state index contributed by atoms with van der Waals surface area (Å²) in [6.07, 6.45) is 0.0708. The molecule has 0 aliphatic carbocycles. The third kappa shape index (κ3) is 3.00. The standard InChI is InChI=1S/C12H9F3O2/c1-3-8-5-4-6-10(12(13,14)15)9(8)7-11(16)17-2/h1,4-6H,7H2,2H3. The van der Waals surface area contributed by atoms with E-state index < -0.39 is 24.1 Å². The van der Waals surface area contributed by atoms with Crippen LogP contribution in [-0.2, 0) is 22.1 Å². The minimum Gasteiger partial charge on any atom is -0.469 e. The number of carbonyl (C=O) groups excluding carboxylic acids is 1. The van der Waals surface area contributed by atoms with E-state index in [1.165, 1.54) is 12.1 Å². The Balaban J connectivity index is 3.32. The number of carbonyl (C=O) groups is 1. The highest BCUT2D eigenvalue weighted by molar-refractivity contribution is 5.74. The van der Waals surface area contributed by atoms with Crippen molar-refractivity contribution in [3.8, 4) is 12.3 Å². The number of esters is 1. The molecular weight excluding hydrogens is 233 g/mol. The maximum atomic E-state index is 12.7. The zero-order valence-electron chi connectivity index (χ0n) is 8.97. The minimum absolute atomic E-state index is 0.0465. The van der Waals surface area contributed by atoms with E-state index in [9.17, 15) is 18.0 Å². The Labute approximate surface area is 96.4 Å². The van der Waals surface area contributed by atoms with Crippen molar-refractivity contribution in [1.29, 1.82) is 0 Å². The fraction of sp³-hybridized carbons (Fsp3) is 0.250. The van der Waals surface area contributed by atoms with E-state index in [-0.39, 0.29) is 11.1 Å². The van der Waals surface area contributed by atoms with Gasteiger partial charge in [0.1, 0.15) is 0 Å². The molecule has 0 N–H and O–H groups in total. The molecule has 1 aromatic carbocycles. The van der Waals surface area contributed by atoms with Crippen molar-refractivity contribution in [1.82, 2.24) is 0 Å². The topological polar surface area (TPSA) is 26.3 Å². The third-order valence-electron chi connectivity index (χ3n) is 2.19. The molecule has 5 heteroatoms. The third-order valence-corrected chi connectivity index (χ3v) is 2.19. The van der Waals surface area contributed by atoms with Gasteiger partial charge in [-0.25, -0.2) is 0 Å². The normalized spacial score (nSPS) is 10.8. The van der Waals surface area contributed by atoms with Gasteiger partial charge in [-0.05, 0) is 17.7 Å². The quantitative estimate of drug-likeness (QED) is 0.588. The molecule has 0 aliphatic rings. The van der Waals surface area contributed by atoms with Crippen molar-refractivity contribution in [3.63, 3.8) is 0 Å². The molecule has 0 saturated carbocycles. The van der Waals surface area contributed by atoms with Gasteiger partial charge < -0.3 is 4.74 Å². The van der Waals surface area contributed by atoms with Gasteiger partial charge in [-0.3, -0.25) is 4.79 Å². The summed E-state index contributed by atoms with van der Waals surface area (Å²) in [5.41, 5.74) is -1.09. The molecule has 0 aliphatic heterocycles. The number of terminal acetylenes is 1. The van der Waals surface area contributed by atoms with Crippen LogP contribution in [0.2, 0.25) is 0 Å². The van der Waals surface area contributed by atoms with E-state index in [1.54, 1.807) is 0 Å². The fourth-order valence-corrected chi connectivity index (χ4v) is 1.39. The molecular formula is C12H9F3O2. The minimum atomic E-state index is -4.55. The van der Waals surface area contributed by atoms with Crippen molar-refractivity contribution in [2.75, 3.05) is 7.11 Å². The molecule has 2 nitrogen and oxygen atoms in total. The van der Waals surface area contributed by atoms with Crippen LogP contribution in [0, 0.1) is 12.3 Å². The Morgan fingerprint density at radius 2 is 2.12 bits per heavy atom. The van der Waals surface area contributed by atoms with Gasteiger partial charge in [0, 0.05) is 5.56 Å². The fourth-order valence-electron chi connectivity index (χ4n) is 1.39. The summed E-state index contributed by atoms with van der Waals surface area (Å²) in [7, 11) is 1.11. The molecule has 0 bridgehead atoms. The number of alkyl halides is 3. The number of hydrogen-bond acceptors (Lipinski definition) is 2. The molecule has 1 aromatic rings. The highest BCUT2D eigenvalue weighted by Gasteiger charge is 2.34. The molecule has 0 heterocycles. The Morgan fingerprint density at radius 1 is 1.47 bits per heavy atom. The Morgan fingerprint density at radius 3 is 2.59 bits per heavy atom. The lowest BCUT2D eigenvalue weighted by molar-refractivity contribution is -0.141. The molecule has 0 unspecified atom stereocenters. The number of rotatable bonds is 2. The molecule has 0 spiro atoms. The Kier molecular flexibility index (Phi) is 3.79. The molecule has 90 valence electrons. The van der Waals surface area contributed by atoms with Crippen LogP contribution >= 0.6 is 0 Å². The molecule has 17 heavy (non-hydrogen) atoms. The van der Waals surface area contributed by atoms with Gasteiger partial charge in [0.2, 0.25) is 0 Å². The number of ether oxygens (including phenoxy) is 1. The summed E-state index contributed by atoms with van der Waals surface area (Å²) in [6.45, 7) is 0. The van der Waals surface area contributed by atoms with E-state index in [0.29, 0.717) is 0 Å². The molecule has 0 fully saturated rings. The van der Waals surface area contributed by atoms with E-state index >= 15 is 0 Å². The van der Waals surface area contributed by atoms with Gasteiger partial charge in [-0.15, -0.1) is 6.42 Å². The SMILES string of the molecule is C#Cc1cccc(C(F)(F)F)c1CC(=O)OC. The van der Waals surface area contributed by atoms with E-state index in [0.717, 1.165) is 13.2 Å². The van der Waals surface area contributed by atoms with Crippen molar-refractivity contribution in [2.45, 2.75) is 12.6 Å². The van der Waals surface area contributed by atoms with E-state index in [4.69, 9.17) is 6.42 Å². The predicted octanol–water partition coefficient (Wildman–Crippen LogP) is 2.40. The maximum absolute atomic E-state index is 12.7. The van der Waals surface area contributed by atoms with Crippen LogP contribution in [0.5, 0.6) is 0 Å². The molecule has 0 saturated heterocycles. The molecule has 1 rings (SSSR count). The van der Waals surface area contributed by atoms with Gasteiger partial charge in [0.15, 0.2) is 0 Å². The summed E-state index contributed by atoms with van der Waals surface area (Å²) in [4.78, 5) is 11.1. The first-order chi connectivity index (χ1) is 7.90. The van der Waals surface area contributed by atoms with Crippen LogP contribution in [0.1, 0.15) is 16.7 Å². The zero-order chi connectivity index (χ0) is 13.1. The monoisotopic (exact) mass is 242 g/mol. The zero-order valence-corrected chi connectivity index (χ0v) is 8.97. The van der Waals surface area contributed by atoms with Crippen molar-refractivity contribution in [3.05, 3.63) is 34.9 Å². The van der Waals surface area contributed by atoms with E-state index in [1.807, 2.05) is 0 Å². The van der Waals surface area contributed by atoms with Gasteiger partial charge in [0.05, 0.1) is 19.1 Å². The number of benzene rings is 1.